The van der Waals surface area contributed by atoms with E-state index in [1.807, 2.05) is 24.3 Å². The van der Waals surface area contributed by atoms with Crippen molar-refractivity contribution in [2.24, 2.45) is 0 Å². The smallest absolute Gasteiger partial charge is 0.335 e. The topological polar surface area (TPSA) is 74.6 Å². The second kappa shape index (κ2) is 7.09. The highest BCUT2D eigenvalue weighted by molar-refractivity contribution is 5.88. The van der Waals surface area contributed by atoms with Crippen molar-refractivity contribution >= 4 is 11.9 Å². The van der Waals surface area contributed by atoms with Crippen LogP contribution in [0.15, 0.2) is 48.5 Å². The van der Waals surface area contributed by atoms with Crippen molar-refractivity contribution in [1.82, 2.24) is 0 Å². The number of carboxylic acid groups (broad SMARTS) is 2. The van der Waals surface area contributed by atoms with E-state index in [0.29, 0.717) is 11.1 Å². The molecule has 0 amide bonds. The monoisotopic (exact) mass is 312 g/mol. The lowest BCUT2D eigenvalue weighted by Gasteiger charge is -2.18. The number of carboxylic acids is 2. The fourth-order valence-electron chi connectivity index (χ4n) is 2.71. The molecule has 0 saturated heterocycles. The largest absolute Gasteiger partial charge is 0.478 e. The van der Waals surface area contributed by atoms with Crippen LogP contribution in [0.2, 0.25) is 0 Å². The van der Waals surface area contributed by atoms with Crippen LogP contribution in [0.3, 0.4) is 0 Å². The maximum atomic E-state index is 10.9. The Balaban J connectivity index is 2.05. The molecule has 0 bridgehead atoms. The Morgan fingerprint density at radius 2 is 1.04 bits per heavy atom. The van der Waals surface area contributed by atoms with E-state index in [2.05, 4.69) is 13.8 Å². The lowest BCUT2D eigenvalue weighted by molar-refractivity contribution is 0.0686. The van der Waals surface area contributed by atoms with E-state index in [-0.39, 0.29) is 11.8 Å². The van der Waals surface area contributed by atoms with Gasteiger partial charge in [0.15, 0.2) is 0 Å². The Kier molecular flexibility index (Phi) is 5.16. The summed E-state index contributed by atoms with van der Waals surface area (Å²) < 4.78 is 0. The molecule has 0 spiro atoms. The summed E-state index contributed by atoms with van der Waals surface area (Å²) >= 11 is 0. The number of benzene rings is 2. The molecule has 0 radical (unpaired) electrons. The summed E-state index contributed by atoms with van der Waals surface area (Å²) in [6.45, 7) is 4.22. The molecule has 0 heterocycles. The van der Waals surface area contributed by atoms with Gasteiger partial charge in [0.2, 0.25) is 0 Å². The third kappa shape index (κ3) is 4.19. The molecule has 2 unspecified atom stereocenters. The predicted molar refractivity (Wildman–Crippen MR) is 88.2 cm³/mol. The lowest BCUT2D eigenvalue weighted by atomic mass is 9.87. The van der Waals surface area contributed by atoms with Crippen molar-refractivity contribution in [3.05, 3.63) is 70.8 Å². The number of hydrogen-bond donors (Lipinski definition) is 2. The zero-order valence-corrected chi connectivity index (χ0v) is 13.2. The molecular weight excluding hydrogens is 292 g/mol. The number of carbonyl (C=O) groups is 2. The summed E-state index contributed by atoms with van der Waals surface area (Å²) in [6, 6.07) is 13.9. The van der Waals surface area contributed by atoms with Crippen LogP contribution in [-0.2, 0) is 0 Å². The molecule has 2 N–H and O–H groups in total. The third-order valence-corrected chi connectivity index (χ3v) is 4.16. The van der Waals surface area contributed by atoms with Crippen molar-refractivity contribution in [3.8, 4) is 0 Å². The van der Waals surface area contributed by atoms with E-state index >= 15 is 0 Å². The molecule has 23 heavy (non-hydrogen) atoms. The number of hydrogen-bond acceptors (Lipinski definition) is 2. The Labute approximate surface area is 135 Å². The average Bonchev–Trinajstić information content (AvgIpc) is 2.54. The first-order valence-electron chi connectivity index (χ1n) is 7.55. The van der Waals surface area contributed by atoms with Gasteiger partial charge >= 0.3 is 11.9 Å². The van der Waals surface area contributed by atoms with Crippen LogP contribution < -0.4 is 0 Å². The van der Waals surface area contributed by atoms with Gasteiger partial charge in [0.05, 0.1) is 11.1 Å². The van der Waals surface area contributed by atoms with Crippen molar-refractivity contribution in [2.45, 2.75) is 32.1 Å². The first kappa shape index (κ1) is 16.7. The summed E-state index contributed by atoms with van der Waals surface area (Å²) in [7, 11) is 0. The Hall–Kier alpha value is -2.62. The fourth-order valence-corrected chi connectivity index (χ4v) is 2.71. The lowest BCUT2D eigenvalue weighted by Crippen LogP contribution is -2.03. The molecule has 0 aromatic heterocycles. The molecule has 0 saturated carbocycles. The van der Waals surface area contributed by atoms with E-state index in [1.165, 1.54) is 0 Å². The van der Waals surface area contributed by atoms with Gasteiger partial charge in [-0.1, -0.05) is 38.1 Å². The first-order chi connectivity index (χ1) is 10.9. The number of aromatic carboxylic acids is 2. The van der Waals surface area contributed by atoms with E-state index in [4.69, 9.17) is 10.2 Å². The van der Waals surface area contributed by atoms with Gasteiger partial charge in [-0.05, 0) is 53.6 Å². The first-order valence-corrected chi connectivity index (χ1v) is 7.55. The van der Waals surface area contributed by atoms with Gasteiger partial charge in [-0.3, -0.25) is 0 Å². The molecule has 0 fully saturated rings. The summed E-state index contributed by atoms with van der Waals surface area (Å²) in [4.78, 5) is 21.8. The van der Waals surface area contributed by atoms with Crippen molar-refractivity contribution in [1.29, 1.82) is 0 Å². The van der Waals surface area contributed by atoms with E-state index < -0.39 is 11.9 Å². The van der Waals surface area contributed by atoms with Gasteiger partial charge in [-0.15, -0.1) is 0 Å². The van der Waals surface area contributed by atoms with E-state index in [9.17, 15) is 9.59 Å². The third-order valence-electron chi connectivity index (χ3n) is 4.16. The minimum Gasteiger partial charge on any atom is -0.478 e. The second-order valence-corrected chi connectivity index (χ2v) is 5.89. The molecule has 2 aromatic rings. The van der Waals surface area contributed by atoms with Gasteiger partial charge in [0, 0.05) is 0 Å². The van der Waals surface area contributed by atoms with E-state index in [0.717, 1.165) is 17.5 Å². The quantitative estimate of drug-likeness (QED) is 0.830. The molecular formula is C19H20O4. The van der Waals surface area contributed by atoms with Crippen molar-refractivity contribution in [3.63, 3.8) is 0 Å². The molecule has 2 atom stereocenters. The minimum atomic E-state index is -0.920. The second-order valence-electron chi connectivity index (χ2n) is 5.89. The highest BCUT2D eigenvalue weighted by Crippen LogP contribution is 2.29. The van der Waals surface area contributed by atoms with Crippen LogP contribution in [0.25, 0.3) is 0 Å². The van der Waals surface area contributed by atoms with Gasteiger partial charge in [-0.25, -0.2) is 9.59 Å². The fraction of sp³-hybridized carbons (Fsp3) is 0.263. The SMILES string of the molecule is CC(CC(C)c1ccc(C(=O)O)cc1)c1ccc(C(=O)O)cc1. The van der Waals surface area contributed by atoms with Gasteiger partial charge in [-0.2, -0.15) is 0 Å². The number of rotatable bonds is 6. The molecule has 120 valence electrons. The summed E-state index contributed by atoms with van der Waals surface area (Å²) in [5.74, 6) is -1.27. The van der Waals surface area contributed by atoms with Gasteiger partial charge in [0.25, 0.3) is 0 Å². The zero-order valence-electron chi connectivity index (χ0n) is 13.2. The maximum absolute atomic E-state index is 10.9. The van der Waals surface area contributed by atoms with Crippen LogP contribution in [-0.4, -0.2) is 22.2 Å². The highest BCUT2D eigenvalue weighted by atomic mass is 16.4. The maximum Gasteiger partial charge on any atom is 0.335 e. The minimum absolute atomic E-state index is 0.284. The van der Waals surface area contributed by atoms with Crippen LogP contribution in [0.4, 0.5) is 0 Å². The predicted octanol–water partition coefficient (Wildman–Crippen LogP) is 4.38. The molecule has 0 aliphatic rings. The average molecular weight is 312 g/mol. The zero-order chi connectivity index (χ0) is 17.0. The summed E-state index contributed by atoms with van der Waals surface area (Å²) in [5, 5.41) is 17.9. The van der Waals surface area contributed by atoms with Crippen LogP contribution in [0, 0.1) is 0 Å². The Morgan fingerprint density at radius 3 is 1.30 bits per heavy atom. The summed E-state index contributed by atoms with van der Waals surface area (Å²) in [6.07, 6.45) is 0.902. The van der Waals surface area contributed by atoms with Crippen LogP contribution >= 0.6 is 0 Å². The molecule has 4 heteroatoms. The van der Waals surface area contributed by atoms with Crippen molar-refractivity contribution < 1.29 is 19.8 Å². The normalized spacial score (nSPS) is 13.3. The Morgan fingerprint density at radius 1 is 0.739 bits per heavy atom. The standard InChI is InChI=1S/C19H20O4/c1-12(14-3-7-16(8-4-14)18(20)21)11-13(2)15-5-9-17(10-6-15)19(22)23/h3-10,12-13H,11H2,1-2H3,(H,20,21)(H,22,23). The van der Waals surface area contributed by atoms with Gasteiger partial charge < -0.3 is 10.2 Å². The molecule has 0 aliphatic carbocycles. The highest BCUT2D eigenvalue weighted by Gasteiger charge is 2.14. The van der Waals surface area contributed by atoms with Crippen LogP contribution in [0.5, 0.6) is 0 Å². The van der Waals surface area contributed by atoms with Crippen molar-refractivity contribution in [2.75, 3.05) is 0 Å². The van der Waals surface area contributed by atoms with Gasteiger partial charge in [0.1, 0.15) is 0 Å². The van der Waals surface area contributed by atoms with Crippen LogP contribution in [0.1, 0.15) is 63.9 Å². The molecule has 2 rings (SSSR count). The molecule has 0 aliphatic heterocycles. The molecule has 2 aromatic carbocycles. The van der Waals surface area contributed by atoms with E-state index in [1.54, 1.807) is 24.3 Å². The summed E-state index contributed by atoms with van der Waals surface area (Å²) in [5.41, 5.74) is 2.78. The Bertz CT molecular complexity index is 625. The molecule has 4 nitrogen and oxygen atoms in total.